The molecule has 0 unspecified atom stereocenters. The minimum absolute atomic E-state index is 0.271. The molecule has 1 heterocycles. The highest BCUT2D eigenvalue weighted by molar-refractivity contribution is 5.70. The van der Waals surface area contributed by atoms with Crippen LogP contribution >= 0.6 is 0 Å². The number of rotatable bonds is 4. The number of nitrogens with zero attached hydrogens (tertiary/aromatic N) is 2. The summed E-state index contributed by atoms with van der Waals surface area (Å²) in [7, 11) is 3.27. The Balaban J connectivity index is 2.41. The topological polar surface area (TPSA) is 59.1 Å². The number of methoxy groups -OCH3 is 1. The van der Waals surface area contributed by atoms with Crippen LogP contribution in [-0.2, 0) is 0 Å². The highest BCUT2D eigenvalue weighted by Gasteiger charge is 2.12. The molecule has 2 N–H and O–H groups in total. The average Bonchev–Trinajstić information content (AvgIpc) is 2.43. The van der Waals surface area contributed by atoms with E-state index in [2.05, 4.69) is 20.6 Å². The summed E-state index contributed by atoms with van der Waals surface area (Å²) in [6, 6.07) is 4.83. The Hall–Kier alpha value is -2.37. The van der Waals surface area contributed by atoms with Gasteiger partial charge in [-0.3, -0.25) is 0 Å². The second kappa shape index (κ2) is 5.51. The van der Waals surface area contributed by atoms with Gasteiger partial charge in [-0.25, -0.2) is 14.4 Å². The first-order chi connectivity index (χ1) is 9.17. The van der Waals surface area contributed by atoms with Crippen molar-refractivity contribution in [3.05, 3.63) is 35.9 Å². The van der Waals surface area contributed by atoms with Gasteiger partial charge in [0.25, 0.3) is 0 Å². The van der Waals surface area contributed by atoms with Crippen LogP contribution in [0.3, 0.4) is 0 Å². The first kappa shape index (κ1) is 13.1. The molecule has 2 aromatic rings. The zero-order valence-corrected chi connectivity index (χ0v) is 11.0. The number of ether oxygens (including phenoxy) is 1. The van der Waals surface area contributed by atoms with Crippen LogP contribution in [0.4, 0.5) is 21.7 Å². The summed E-state index contributed by atoms with van der Waals surface area (Å²) >= 11 is 0. The highest BCUT2D eigenvalue weighted by atomic mass is 19.1. The van der Waals surface area contributed by atoms with E-state index in [9.17, 15) is 4.39 Å². The molecule has 0 saturated heterocycles. The Morgan fingerprint density at radius 3 is 2.63 bits per heavy atom. The average molecular weight is 262 g/mol. The summed E-state index contributed by atoms with van der Waals surface area (Å²) in [5.41, 5.74) is 1.16. The Kier molecular flexibility index (Phi) is 3.79. The fourth-order valence-corrected chi connectivity index (χ4v) is 1.70. The molecular formula is C13H15FN4O. The minimum atomic E-state index is -0.271. The van der Waals surface area contributed by atoms with Crippen LogP contribution < -0.4 is 15.4 Å². The number of hydrogen-bond acceptors (Lipinski definition) is 5. The summed E-state index contributed by atoms with van der Waals surface area (Å²) in [6.45, 7) is 1.70. The lowest BCUT2D eigenvalue weighted by atomic mass is 10.2. The minimum Gasteiger partial charge on any atom is -0.490 e. The van der Waals surface area contributed by atoms with Gasteiger partial charge in [-0.2, -0.15) is 0 Å². The summed E-state index contributed by atoms with van der Waals surface area (Å²) in [5.74, 6) is 1.25. The van der Waals surface area contributed by atoms with E-state index < -0.39 is 0 Å². The van der Waals surface area contributed by atoms with E-state index in [0.29, 0.717) is 28.6 Å². The van der Waals surface area contributed by atoms with Crippen molar-refractivity contribution in [1.82, 2.24) is 9.97 Å². The van der Waals surface area contributed by atoms with E-state index in [-0.39, 0.29) is 5.82 Å². The smallest absolute Gasteiger partial charge is 0.204 e. The number of hydrogen-bond donors (Lipinski definition) is 2. The molecule has 6 heteroatoms. The van der Waals surface area contributed by atoms with Crippen molar-refractivity contribution in [2.45, 2.75) is 6.92 Å². The number of anilines is 3. The lowest BCUT2D eigenvalue weighted by Crippen LogP contribution is -2.04. The van der Waals surface area contributed by atoms with Gasteiger partial charge in [-0.15, -0.1) is 0 Å². The number of aromatic nitrogens is 2. The molecule has 0 bridgehead atoms. The molecule has 0 fully saturated rings. The van der Waals surface area contributed by atoms with Crippen molar-refractivity contribution in [3.8, 4) is 5.75 Å². The third-order valence-electron chi connectivity index (χ3n) is 2.77. The molecular weight excluding hydrogens is 247 g/mol. The quantitative estimate of drug-likeness (QED) is 0.887. The monoisotopic (exact) mass is 262 g/mol. The molecule has 1 aromatic carbocycles. The van der Waals surface area contributed by atoms with E-state index in [1.165, 1.54) is 19.5 Å². The predicted octanol–water partition coefficient (Wildman–Crippen LogP) is 2.72. The van der Waals surface area contributed by atoms with E-state index in [1.807, 2.05) is 0 Å². The van der Waals surface area contributed by atoms with Crippen LogP contribution in [0.1, 0.15) is 5.56 Å². The number of benzene rings is 1. The second-order valence-electron chi connectivity index (χ2n) is 3.89. The summed E-state index contributed by atoms with van der Waals surface area (Å²) < 4.78 is 18.8. The Morgan fingerprint density at radius 2 is 1.95 bits per heavy atom. The third-order valence-corrected chi connectivity index (χ3v) is 2.77. The number of halogens is 1. The molecule has 0 spiro atoms. The van der Waals surface area contributed by atoms with Gasteiger partial charge >= 0.3 is 0 Å². The fourth-order valence-electron chi connectivity index (χ4n) is 1.70. The first-order valence-corrected chi connectivity index (χ1v) is 5.76. The Morgan fingerprint density at radius 1 is 1.21 bits per heavy atom. The maximum atomic E-state index is 13.5. The molecule has 19 heavy (non-hydrogen) atoms. The van der Waals surface area contributed by atoms with E-state index >= 15 is 0 Å². The van der Waals surface area contributed by atoms with Crippen LogP contribution in [0.2, 0.25) is 0 Å². The molecule has 0 aliphatic rings. The van der Waals surface area contributed by atoms with Gasteiger partial charge in [-0.05, 0) is 19.1 Å². The molecule has 2 rings (SSSR count). The van der Waals surface area contributed by atoms with E-state index in [4.69, 9.17) is 4.74 Å². The highest BCUT2D eigenvalue weighted by Crippen LogP contribution is 2.32. The maximum Gasteiger partial charge on any atom is 0.204 e. The van der Waals surface area contributed by atoms with Crippen molar-refractivity contribution in [1.29, 1.82) is 0 Å². The Bertz CT molecular complexity index is 589. The van der Waals surface area contributed by atoms with E-state index in [0.717, 1.165) is 0 Å². The standard InChI is InChI=1S/C13H15FN4O/c1-8-9(14)5-4-6-10(8)18-13-11(19-3)12(15-2)16-7-17-13/h4-7H,1-3H3,(H2,15,16,17,18). The molecule has 1 aromatic heterocycles. The third kappa shape index (κ3) is 2.57. The van der Waals surface area contributed by atoms with Crippen LogP contribution in [0.15, 0.2) is 24.5 Å². The molecule has 0 radical (unpaired) electrons. The van der Waals surface area contributed by atoms with Crippen LogP contribution in [0, 0.1) is 12.7 Å². The maximum absolute atomic E-state index is 13.5. The van der Waals surface area contributed by atoms with Crippen molar-refractivity contribution in [2.75, 3.05) is 24.8 Å². The lowest BCUT2D eigenvalue weighted by molar-refractivity contribution is 0.415. The van der Waals surface area contributed by atoms with Crippen LogP contribution in [0.25, 0.3) is 0 Å². The lowest BCUT2D eigenvalue weighted by Gasteiger charge is -2.14. The van der Waals surface area contributed by atoms with Crippen molar-refractivity contribution < 1.29 is 9.13 Å². The van der Waals surface area contributed by atoms with Gasteiger partial charge in [0.1, 0.15) is 12.1 Å². The molecule has 0 saturated carbocycles. The molecule has 100 valence electrons. The molecule has 0 aliphatic heterocycles. The van der Waals surface area contributed by atoms with E-state index in [1.54, 1.807) is 26.1 Å². The normalized spacial score (nSPS) is 10.1. The zero-order valence-electron chi connectivity index (χ0n) is 11.0. The largest absolute Gasteiger partial charge is 0.490 e. The van der Waals surface area contributed by atoms with Gasteiger partial charge in [0, 0.05) is 18.3 Å². The van der Waals surface area contributed by atoms with Gasteiger partial charge in [0.2, 0.25) is 5.75 Å². The van der Waals surface area contributed by atoms with Gasteiger partial charge in [0.15, 0.2) is 11.6 Å². The Labute approximate surface area is 110 Å². The van der Waals surface area contributed by atoms with Crippen molar-refractivity contribution in [3.63, 3.8) is 0 Å². The number of nitrogens with one attached hydrogen (secondary N) is 2. The molecule has 5 nitrogen and oxygen atoms in total. The van der Waals surface area contributed by atoms with Gasteiger partial charge < -0.3 is 15.4 Å². The first-order valence-electron chi connectivity index (χ1n) is 5.76. The second-order valence-corrected chi connectivity index (χ2v) is 3.89. The molecule has 0 amide bonds. The van der Waals surface area contributed by atoms with Crippen molar-refractivity contribution >= 4 is 17.3 Å². The van der Waals surface area contributed by atoms with Crippen molar-refractivity contribution in [2.24, 2.45) is 0 Å². The summed E-state index contributed by atoms with van der Waals surface area (Å²) in [5, 5.41) is 5.96. The summed E-state index contributed by atoms with van der Waals surface area (Å²) in [4.78, 5) is 8.16. The van der Waals surface area contributed by atoms with Crippen LogP contribution in [-0.4, -0.2) is 24.1 Å². The molecule has 0 atom stereocenters. The van der Waals surface area contributed by atoms with Gasteiger partial charge in [-0.1, -0.05) is 6.07 Å². The molecule has 0 aliphatic carbocycles. The fraction of sp³-hybridized carbons (Fsp3) is 0.231. The summed E-state index contributed by atoms with van der Waals surface area (Å²) in [6.07, 6.45) is 1.41. The SMILES string of the molecule is CNc1ncnc(Nc2cccc(F)c2C)c1OC. The van der Waals surface area contributed by atoms with Gasteiger partial charge in [0.05, 0.1) is 7.11 Å². The van der Waals surface area contributed by atoms with Crippen LogP contribution in [0.5, 0.6) is 5.75 Å². The predicted molar refractivity (Wildman–Crippen MR) is 72.6 cm³/mol. The zero-order chi connectivity index (χ0) is 13.8.